The van der Waals surface area contributed by atoms with Crippen LogP contribution in [0.4, 0.5) is 0 Å². The van der Waals surface area contributed by atoms with Gasteiger partial charge in [0, 0.05) is 54.0 Å². The Bertz CT molecular complexity index is 719. The van der Waals surface area contributed by atoms with Gasteiger partial charge in [-0.2, -0.15) is 0 Å². The summed E-state index contributed by atoms with van der Waals surface area (Å²) in [5.74, 6) is 0.974. The van der Waals surface area contributed by atoms with E-state index in [0.717, 1.165) is 53.7 Å². The molecule has 0 radical (unpaired) electrons. The predicted molar refractivity (Wildman–Crippen MR) is 104 cm³/mol. The lowest BCUT2D eigenvalue weighted by molar-refractivity contribution is -0.0191. The van der Waals surface area contributed by atoms with Crippen LogP contribution in [-0.2, 0) is 6.42 Å². The summed E-state index contributed by atoms with van der Waals surface area (Å²) in [5.41, 5.74) is 0.450. The standard InChI is InChI=1S/C19H23ClN2O2S/c20-16-3-1-15(2-4-16)13-19(24)7-9-22(10-8-19)11-12-25-17-5-6-18(23)21-14-17/h1-6,14,24H,7-13H2,(H,21,23). The van der Waals surface area contributed by atoms with E-state index in [1.54, 1.807) is 24.0 Å². The number of nitrogens with zero attached hydrogens (tertiary/aromatic N) is 1. The van der Waals surface area contributed by atoms with Crippen molar-refractivity contribution in [3.05, 3.63) is 63.5 Å². The van der Waals surface area contributed by atoms with Crippen LogP contribution >= 0.6 is 23.4 Å². The molecule has 0 amide bonds. The topological polar surface area (TPSA) is 56.3 Å². The number of aromatic nitrogens is 1. The second-order valence-electron chi connectivity index (χ2n) is 6.61. The van der Waals surface area contributed by atoms with E-state index in [9.17, 15) is 9.90 Å². The van der Waals surface area contributed by atoms with Crippen LogP contribution in [0.1, 0.15) is 18.4 Å². The monoisotopic (exact) mass is 378 g/mol. The Morgan fingerprint density at radius 2 is 1.88 bits per heavy atom. The molecule has 1 aliphatic heterocycles. The van der Waals surface area contributed by atoms with E-state index in [1.165, 1.54) is 0 Å². The summed E-state index contributed by atoms with van der Waals surface area (Å²) in [5, 5.41) is 11.6. The van der Waals surface area contributed by atoms with Gasteiger partial charge < -0.3 is 15.0 Å². The minimum Gasteiger partial charge on any atom is -0.389 e. The van der Waals surface area contributed by atoms with Gasteiger partial charge in [0.1, 0.15) is 0 Å². The fourth-order valence-corrected chi connectivity index (χ4v) is 4.15. The molecule has 2 heterocycles. The molecule has 0 spiro atoms. The zero-order valence-electron chi connectivity index (χ0n) is 14.1. The van der Waals surface area contributed by atoms with Crippen molar-refractivity contribution in [2.75, 3.05) is 25.4 Å². The van der Waals surface area contributed by atoms with Gasteiger partial charge in [-0.1, -0.05) is 23.7 Å². The minimum atomic E-state index is -0.615. The Morgan fingerprint density at radius 1 is 1.16 bits per heavy atom. The summed E-state index contributed by atoms with van der Waals surface area (Å²) >= 11 is 7.66. The number of nitrogens with one attached hydrogen (secondary N) is 1. The number of rotatable bonds is 6. The number of likely N-dealkylation sites (tertiary alicyclic amines) is 1. The van der Waals surface area contributed by atoms with Gasteiger partial charge in [0.25, 0.3) is 0 Å². The number of pyridine rings is 1. The van der Waals surface area contributed by atoms with Crippen molar-refractivity contribution < 1.29 is 5.11 Å². The average Bonchev–Trinajstić information content (AvgIpc) is 2.61. The lowest BCUT2D eigenvalue weighted by Crippen LogP contribution is -2.46. The third-order valence-corrected chi connectivity index (χ3v) is 5.89. The van der Waals surface area contributed by atoms with Gasteiger partial charge >= 0.3 is 0 Å². The van der Waals surface area contributed by atoms with Crippen molar-refractivity contribution in [3.63, 3.8) is 0 Å². The Hall–Kier alpha value is -1.27. The normalized spacial score (nSPS) is 17.5. The molecule has 6 heteroatoms. The highest BCUT2D eigenvalue weighted by Crippen LogP contribution is 2.27. The van der Waals surface area contributed by atoms with E-state index in [1.807, 2.05) is 30.3 Å². The molecule has 0 bridgehead atoms. The van der Waals surface area contributed by atoms with Crippen molar-refractivity contribution in [1.29, 1.82) is 0 Å². The van der Waals surface area contributed by atoms with Gasteiger partial charge in [-0.3, -0.25) is 4.79 Å². The van der Waals surface area contributed by atoms with Crippen molar-refractivity contribution in [2.24, 2.45) is 0 Å². The van der Waals surface area contributed by atoms with Gasteiger partial charge in [0.05, 0.1) is 5.60 Å². The fourth-order valence-electron chi connectivity index (χ4n) is 3.13. The molecule has 1 saturated heterocycles. The molecule has 134 valence electrons. The molecule has 0 atom stereocenters. The number of thioether (sulfide) groups is 1. The third-order valence-electron chi connectivity index (χ3n) is 4.67. The van der Waals surface area contributed by atoms with E-state index >= 15 is 0 Å². The molecular formula is C19H23ClN2O2S. The van der Waals surface area contributed by atoms with Crippen LogP contribution in [0.15, 0.2) is 52.3 Å². The Balaban J connectivity index is 1.42. The summed E-state index contributed by atoms with van der Waals surface area (Å²) in [4.78, 5) is 17.2. The van der Waals surface area contributed by atoms with Crippen molar-refractivity contribution in [2.45, 2.75) is 29.8 Å². The first kappa shape index (κ1) is 18.5. The summed E-state index contributed by atoms with van der Waals surface area (Å²) in [7, 11) is 0. The average molecular weight is 379 g/mol. The van der Waals surface area contributed by atoms with Crippen LogP contribution in [0, 0.1) is 0 Å². The minimum absolute atomic E-state index is 0.0691. The summed E-state index contributed by atoms with van der Waals surface area (Å²) < 4.78 is 0. The molecule has 2 aromatic rings. The Kier molecular flexibility index (Phi) is 6.23. The second kappa shape index (κ2) is 8.41. The number of benzene rings is 1. The number of H-pyrrole nitrogens is 1. The van der Waals surface area contributed by atoms with Gasteiger partial charge in [0.15, 0.2) is 0 Å². The SMILES string of the molecule is O=c1ccc(SCCN2CCC(O)(Cc3ccc(Cl)cc3)CC2)c[nH]1. The molecule has 3 rings (SSSR count). The number of aromatic amines is 1. The molecule has 1 aliphatic rings. The molecule has 0 saturated carbocycles. The van der Waals surface area contributed by atoms with Crippen LogP contribution in [0.5, 0.6) is 0 Å². The largest absolute Gasteiger partial charge is 0.389 e. The Labute approximate surface area is 157 Å². The quantitative estimate of drug-likeness (QED) is 0.758. The fraction of sp³-hybridized carbons (Fsp3) is 0.421. The number of aliphatic hydroxyl groups is 1. The number of piperidine rings is 1. The summed E-state index contributed by atoms with van der Waals surface area (Å²) in [6.07, 6.45) is 4.02. The molecule has 0 unspecified atom stereocenters. The highest BCUT2D eigenvalue weighted by atomic mass is 35.5. The van der Waals surface area contributed by atoms with Crippen LogP contribution in [0.25, 0.3) is 0 Å². The highest BCUT2D eigenvalue weighted by molar-refractivity contribution is 7.99. The van der Waals surface area contributed by atoms with Gasteiger partial charge in [-0.05, 0) is 36.6 Å². The molecule has 1 aromatic carbocycles. The van der Waals surface area contributed by atoms with E-state index in [2.05, 4.69) is 9.88 Å². The van der Waals surface area contributed by atoms with Gasteiger partial charge in [0.2, 0.25) is 5.56 Å². The zero-order chi connectivity index (χ0) is 17.7. The highest BCUT2D eigenvalue weighted by Gasteiger charge is 2.32. The van der Waals surface area contributed by atoms with E-state index in [0.29, 0.717) is 6.42 Å². The van der Waals surface area contributed by atoms with Crippen LogP contribution in [0.2, 0.25) is 5.02 Å². The maximum Gasteiger partial charge on any atom is 0.247 e. The third kappa shape index (κ3) is 5.61. The zero-order valence-corrected chi connectivity index (χ0v) is 15.7. The lowest BCUT2D eigenvalue weighted by atomic mass is 9.85. The first-order valence-corrected chi connectivity index (χ1v) is 9.90. The van der Waals surface area contributed by atoms with Gasteiger partial charge in [-0.15, -0.1) is 11.8 Å². The summed E-state index contributed by atoms with van der Waals surface area (Å²) in [6.45, 7) is 2.81. The van der Waals surface area contributed by atoms with Crippen molar-refractivity contribution >= 4 is 23.4 Å². The van der Waals surface area contributed by atoms with Crippen LogP contribution < -0.4 is 5.56 Å². The van der Waals surface area contributed by atoms with E-state index in [-0.39, 0.29) is 5.56 Å². The molecule has 0 aliphatic carbocycles. The summed E-state index contributed by atoms with van der Waals surface area (Å²) in [6, 6.07) is 11.2. The smallest absolute Gasteiger partial charge is 0.247 e. The molecular weight excluding hydrogens is 356 g/mol. The predicted octanol–water partition coefficient (Wildman–Crippen LogP) is 3.19. The number of hydrogen-bond acceptors (Lipinski definition) is 4. The number of halogens is 1. The molecule has 2 N–H and O–H groups in total. The lowest BCUT2D eigenvalue weighted by Gasteiger charge is -2.38. The maximum atomic E-state index is 11.0. The van der Waals surface area contributed by atoms with Crippen LogP contribution in [0.3, 0.4) is 0 Å². The molecule has 4 nitrogen and oxygen atoms in total. The molecule has 1 aromatic heterocycles. The van der Waals surface area contributed by atoms with Gasteiger partial charge in [-0.25, -0.2) is 0 Å². The van der Waals surface area contributed by atoms with E-state index < -0.39 is 5.60 Å². The van der Waals surface area contributed by atoms with Crippen molar-refractivity contribution in [3.8, 4) is 0 Å². The van der Waals surface area contributed by atoms with Crippen molar-refractivity contribution in [1.82, 2.24) is 9.88 Å². The Morgan fingerprint density at radius 3 is 2.52 bits per heavy atom. The second-order valence-corrected chi connectivity index (χ2v) is 8.21. The molecule has 1 fully saturated rings. The maximum absolute atomic E-state index is 11.0. The first-order chi connectivity index (χ1) is 12.0. The van der Waals surface area contributed by atoms with Crippen LogP contribution in [-0.4, -0.2) is 46.0 Å². The number of hydrogen-bond donors (Lipinski definition) is 2. The van der Waals surface area contributed by atoms with E-state index in [4.69, 9.17) is 11.6 Å². The first-order valence-electron chi connectivity index (χ1n) is 8.53. The molecule has 25 heavy (non-hydrogen) atoms.